The Morgan fingerprint density at radius 1 is 1.06 bits per heavy atom. The van der Waals surface area contributed by atoms with Gasteiger partial charge in [0.05, 0.1) is 37.7 Å². The van der Waals surface area contributed by atoms with Gasteiger partial charge in [-0.25, -0.2) is 9.59 Å². The van der Waals surface area contributed by atoms with Crippen molar-refractivity contribution in [1.29, 1.82) is 0 Å². The van der Waals surface area contributed by atoms with Crippen LogP contribution in [-0.2, 0) is 23.8 Å². The number of carbonyl (C=O) groups excluding carboxylic acids is 3. The van der Waals surface area contributed by atoms with Crippen LogP contribution in [0.1, 0.15) is 49.4 Å². The van der Waals surface area contributed by atoms with Crippen LogP contribution in [0, 0.1) is 5.92 Å². The third kappa shape index (κ3) is 5.07. The third-order valence-corrected chi connectivity index (χ3v) is 6.03. The Hall–Kier alpha value is -2.87. The van der Waals surface area contributed by atoms with Gasteiger partial charge in [-0.2, -0.15) is 0 Å². The molecule has 1 aromatic carbocycles. The molecule has 1 heterocycles. The molecular weight excluding hydrogens is 400 g/mol. The summed E-state index contributed by atoms with van der Waals surface area (Å²) in [5, 5.41) is 3.13. The van der Waals surface area contributed by atoms with E-state index in [-0.39, 0.29) is 36.6 Å². The summed E-state index contributed by atoms with van der Waals surface area (Å²) in [4.78, 5) is 39.4. The highest BCUT2D eigenvalue weighted by molar-refractivity contribution is 6.06. The Balaban J connectivity index is 1.90. The number of amides is 1. The minimum absolute atomic E-state index is 0.00315. The molecule has 2 aliphatic rings. The maximum atomic E-state index is 13.1. The number of nitrogens with zero attached hydrogens (tertiary/aromatic N) is 1. The quantitative estimate of drug-likeness (QED) is 0.694. The predicted octanol–water partition coefficient (Wildman–Crippen LogP) is 2.78. The number of hydrogen-bond donors (Lipinski definition) is 1. The maximum Gasteiger partial charge on any atom is 0.355 e. The summed E-state index contributed by atoms with van der Waals surface area (Å²) < 4.78 is 15.2. The molecule has 0 unspecified atom stereocenters. The molecule has 1 aromatic rings. The Labute approximate surface area is 182 Å². The smallest absolute Gasteiger partial charge is 0.355 e. The molecule has 0 radical (unpaired) electrons. The highest BCUT2D eigenvalue weighted by Crippen LogP contribution is 2.31. The fourth-order valence-electron chi connectivity index (χ4n) is 4.21. The number of ether oxygens (including phenoxy) is 3. The van der Waals surface area contributed by atoms with Gasteiger partial charge in [0.2, 0.25) is 0 Å². The number of benzene rings is 1. The van der Waals surface area contributed by atoms with Crippen molar-refractivity contribution in [3.05, 3.63) is 41.1 Å². The van der Waals surface area contributed by atoms with Crippen LogP contribution >= 0.6 is 0 Å². The van der Waals surface area contributed by atoms with E-state index in [0.29, 0.717) is 11.3 Å². The Kier molecular flexibility index (Phi) is 7.68. The number of esters is 2. The van der Waals surface area contributed by atoms with E-state index in [2.05, 4.69) is 12.2 Å². The minimum Gasteiger partial charge on any atom is -0.466 e. The zero-order chi connectivity index (χ0) is 22.4. The van der Waals surface area contributed by atoms with E-state index in [1.807, 2.05) is 0 Å². The Morgan fingerprint density at radius 2 is 1.74 bits per heavy atom. The van der Waals surface area contributed by atoms with Gasteiger partial charge in [0.15, 0.2) is 0 Å². The molecule has 168 valence electrons. The van der Waals surface area contributed by atoms with Crippen molar-refractivity contribution in [2.24, 2.45) is 5.92 Å². The fraction of sp³-hybridized carbons (Fsp3) is 0.522. The summed E-state index contributed by atoms with van der Waals surface area (Å²) in [7, 11) is 2.47. The first kappa shape index (κ1) is 22.8. The molecule has 0 spiro atoms. The number of methoxy groups -OCH3 is 2. The largest absolute Gasteiger partial charge is 0.466 e. The van der Waals surface area contributed by atoms with Crippen molar-refractivity contribution >= 4 is 23.5 Å². The topological polar surface area (TPSA) is 94.2 Å². The highest BCUT2D eigenvalue weighted by atomic mass is 16.5. The molecule has 31 heavy (non-hydrogen) atoms. The van der Waals surface area contributed by atoms with Crippen LogP contribution < -0.4 is 10.2 Å². The molecule has 1 aliphatic heterocycles. The molecule has 0 atom stereocenters. The minimum atomic E-state index is -0.697. The van der Waals surface area contributed by atoms with Gasteiger partial charge in [0.1, 0.15) is 12.4 Å². The first-order chi connectivity index (χ1) is 15.0. The fourth-order valence-corrected chi connectivity index (χ4v) is 4.21. The van der Waals surface area contributed by atoms with Crippen LogP contribution in [0.25, 0.3) is 0 Å². The SMILES string of the molecule is CCC1CCC(NC(=O)c2ccccc2N2COCC(C(=O)OC)=C2C(=O)OC)CC1. The van der Waals surface area contributed by atoms with E-state index in [0.717, 1.165) is 31.6 Å². The van der Waals surface area contributed by atoms with Gasteiger partial charge >= 0.3 is 11.9 Å². The molecule has 1 amide bonds. The number of nitrogens with one attached hydrogen (secondary N) is 1. The molecule has 1 saturated carbocycles. The van der Waals surface area contributed by atoms with Gasteiger partial charge in [-0.3, -0.25) is 4.79 Å². The lowest BCUT2D eigenvalue weighted by Gasteiger charge is -2.33. The molecule has 8 nitrogen and oxygen atoms in total. The lowest BCUT2D eigenvalue weighted by Crippen LogP contribution is -2.41. The van der Waals surface area contributed by atoms with E-state index in [1.165, 1.54) is 25.5 Å². The molecule has 1 fully saturated rings. The molecule has 8 heteroatoms. The standard InChI is InChI=1S/C23H30N2O6/c1-4-15-9-11-16(12-10-15)24-21(26)17-7-5-6-8-19(17)25-14-31-13-18(22(27)29-2)20(25)23(28)30-3/h5-8,15-16H,4,9-14H2,1-3H3,(H,24,26). The number of anilines is 1. The van der Waals surface area contributed by atoms with E-state index >= 15 is 0 Å². The number of carbonyl (C=O) groups is 3. The van der Waals surface area contributed by atoms with Crippen LogP contribution in [0.2, 0.25) is 0 Å². The molecular formula is C23H30N2O6. The molecule has 3 rings (SSSR count). The predicted molar refractivity (Wildman–Crippen MR) is 114 cm³/mol. The van der Waals surface area contributed by atoms with E-state index in [9.17, 15) is 14.4 Å². The number of hydrogen-bond acceptors (Lipinski definition) is 7. The van der Waals surface area contributed by atoms with Gasteiger partial charge in [-0.1, -0.05) is 25.5 Å². The summed E-state index contributed by atoms with van der Waals surface area (Å²) in [6.07, 6.45) is 5.31. The highest BCUT2D eigenvalue weighted by Gasteiger charge is 2.34. The van der Waals surface area contributed by atoms with Crippen molar-refractivity contribution in [1.82, 2.24) is 5.32 Å². The van der Waals surface area contributed by atoms with Crippen LogP contribution in [-0.4, -0.2) is 51.4 Å². The third-order valence-electron chi connectivity index (χ3n) is 6.03. The van der Waals surface area contributed by atoms with Gasteiger partial charge in [-0.15, -0.1) is 0 Å². The van der Waals surface area contributed by atoms with Gasteiger partial charge in [0, 0.05) is 6.04 Å². The van der Waals surface area contributed by atoms with Crippen LogP contribution in [0.5, 0.6) is 0 Å². The van der Waals surface area contributed by atoms with Gasteiger partial charge in [0.25, 0.3) is 5.91 Å². The van der Waals surface area contributed by atoms with Crippen molar-refractivity contribution < 1.29 is 28.6 Å². The summed E-state index contributed by atoms with van der Waals surface area (Å²) in [6, 6.07) is 7.07. The van der Waals surface area contributed by atoms with Crippen molar-refractivity contribution in [3.8, 4) is 0 Å². The molecule has 1 N–H and O–H groups in total. The lowest BCUT2D eigenvalue weighted by molar-refractivity contribution is -0.140. The summed E-state index contributed by atoms with van der Waals surface area (Å²) in [5.74, 6) is -0.864. The van der Waals surface area contributed by atoms with Crippen LogP contribution in [0.4, 0.5) is 5.69 Å². The average Bonchev–Trinajstić information content (AvgIpc) is 2.83. The van der Waals surface area contributed by atoms with Gasteiger partial charge < -0.3 is 24.4 Å². The van der Waals surface area contributed by atoms with E-state index in [1.54, 1.807) is 24.3 Å². The van der Waals surface area contributed by atoms with Crippen molar-refractivity contribution in [3.63, 3.8) is 0 Å². The second-order valence-corrected chi connectivity index (χ2v) is 7.83. The summed E-state index contributed by atoms with van der Waals surface area (Å²) >= 11 is 0. The van der Waals surface area contributed by atoms with Crippen LogP contribution in [0.15, 0.2) is 35.5 Å². The van der Waals surface area contributed by atoms with Crippen molar-refractivity contribution in [2.75, 3.05) is 32.5 Å². The van der Waals surface area contributed by atoms with E-state index in [4.69, 9.17) is 14.2 Å². The Morgan fingerprint density at radius 3 is 2.39 bits per heavy atom. The summed E-state index contributed by atoms with van der Waals surface area (Å²) in [6.45, 7) is 2.12. The Bertz CT molecular complexity index is 857. The first-order valence-electron chi connectivity index (χ1n) is 10.6. The van der Waals surface area contributed by atoms with Crippen molar-refractivity contribution in [2.45, 2.75) is 45.1 Å². The zero-order valence-electron chi connectivity index (χ0n) is 18.3. The van der Waals surface area contributed by atoms with Gasteiger partial charge in [-0.05, 0) is 43.7 Å². The molecule has 1 aliphatic carbocycles. The molecule has 0 bridgehead atoms. The monoisotopic (exact) mass is 430 g/mol. The zero-order valence-corrected chi connectivity index (χ0v) is 18.3. The average molecular weight is 431 g/mol. The second-order valence-electron chi connectivity index (χ2n) is 7.83. The summed E-state index contributed by atoms with van der Waals surface area (Å²) in [5.41, 5.74) is 0.929. The van der Waals surface area contributed by atoms with Crippen LogP contribution in [0.3, 0.4) is 0 Å². The number of para-hydroxylation sites is 1. The number of rotatable bonds is 6. The normalized spacial score (nSPS) is 21.5. The molecule has 0 aromatic heterocycles. The second kappa shape index (κ2) is 10.4. The van der Waals surface area contributed by atoms with E-state index < -0.39 is 11.9 Å². The first-order valence-corrected chi connectivity index (χ1v) is 10.6. The molecule has 0 saturated heterocycles. The lowest BCUT2D eigenvalue weighted by atomic mass is 9.84. The maximum absolute atomic E-state index is 13.1.